The zero-order valence-corrected chi connectivity index (χ0v) is 11.7. The molecule has 0 spiro atoms. The molecule has 6 heteroatoms. The summed E-state index contributed by atoms with van der Waals surface area (Å²) in [6, 6.07) is 11.0. The van der Waals surface area contributed by atoms with Crippen molar-refractivity contribution in [3.63, 3.8) is 0 Å². The summed E-state index contributed by atoms with van der Waals surface area (Å²) in [5.41, 5.74) is 8.59. The smallest absolute Gasteiger partial charge is 0.221 e. The first-order chi connectivity index (χ1) is 9.54. The quantitative estimate of drug-likeness (QED) is 0.752. The van der Waals surface area contributed by atoms with Crippen LogP contribution in [0.25, 0.3) is 0 Å². The van der Waals surface area contributed by atoms with Crippen molar-refractivity contribution < 1.29 is 4.79 Å². The van der Waals surface area contributed by atoms with E-state index in [2.05, 4.69) is 15.6 Å². The number of hydrogen-bond donors (Lipinski definition) is 3. The highest BCUT2D eigenvalue weighted by atomic mass is 32.1. The largest absolute Gasteiger partial charge is 0.388 e. The fourth-order valence-electron chi connectivity index (χ4n) is 1.65. The van der Waals surface area contributed by atoms with Crippen LogP contribution in [-0.2, 0) is 4.79 Å². The molecule has 0 saturated heterocycles. The summed E-state index contributed by atoms with van der Waals surface area (Å²) in [5.74, 6) is -0.0963. The normalized spacial score (nSPS) is 9.85. The lowest BCUT2D eigenvalue weighted by Gasteiger charge is -2.08. The molecule has 0 aliphatic carbocycles. The third kappa shape index (κ3) is 3.76. The molecule has 0 aliphatic rings. The Balaban J connectivity index is 2.11. The van der Waals surface area contributed by atoms with Crippen molar-refractivity contribution in [3.05, 3.63) is 48.3 Å². The van der Waals surface area contributed by atoms with Gasteiger partial charge in [0.2, 0.25) is 5.91 Å². The Kier molecular flexibility index (Phi) is 4.27. The molecule has 0 unspecified atom stereocenters. The number of rotatable bonds is 4. The fraction of sp³-hybridized carbons (Fsp3) is 0.0714. The predicted molar refractivity (Wildman–Crippen MR) is 84.2 cm³/mol. The Bertz CT molecular complexity index is 640. The molecule has 1 aromatic heterocycles. The number of amides is 1. The SMILES string of the molecule is CC(=O)Nc1ccc(Nc2ccnc(C(N)=S)c2)cc1. The predicted octanol–water partition coefficient (Wildman–Crippen LogP) is 2.42. The summed E-state index contributed by atoms with van der Waals surface area (Å²) in [6.45, 7) is 1.47. The molecule has 20 heavy (non-hydrogen) atoms. The number of hydrogen-bond acceptors (Lipinski definition) is 4. The summed E-state index contributed by atoms with van der Waals surface area (Å²) in [5, 5.41) is 5.92. The summed E-state index contributed by atoms with van der Waals surface area (Å²) in [6.07, 6.45) is 1.64. The average molecular weight is 286 g/mol. The molecule has 0 atom stereocenters. The molecular formula is C14H14N4OS. The van der Waals surface area contributed by atoms with E-state index in [0.717, 1.165) is 17.1 Å². The van der Waals surface area contributed by atoms with Crippen LogP contribution in [0.15, 0.2) is 42.6 Å². The van der Waals surface area contributed by atoms with Gasteiger partial charge in [-0.3, -0.25) is 9.78 Å². The lowest BCUT2D eigenvalue weighted by atomic mass is 10.2. The minimum Gasteiger partial charge on any atom is -0.388 e. The summed E-state index contributed by atoms with van der Waals surface area (Å²) >= 11 is 4.89. The van der Waals surface area contributed by atoms with Crippen LogP contribution in [0.4, 0.5) is 17.1 Å². The van der Waals surface area contributed by atoms with Gasteiger partial charge in [0, 0.05) is 30.2 Å². The number of benzene rings is 1. The standard InChI is InChI=1S/C14H14N4OS/c1-9(19)17-10-2-4-11(5-3-10)18-12-6-7-16-13(8-12)14(15)20/h2-8H,1H3,(H2,15,20)(H,16,18)(H,17,19). The number of thiocarbonyl (C=S) groups is 1. The first-order valence-corrected chi connectivity index (χ1v) is 6.36. The average Bonchev–Trinajstić information content (AvgIpc) is 2.41. The Labute approximate surface area is 122 Å². The second kappa shape index (κ2) is 6.12. The minimum absolute atomic E-state index is 0.0963. The van der Waals surface area contributed by atoms with E-state index in [9.17, 15) is 4.79 Å². The zero-order chi connectivity index (χ0) is 14.5. The lowest BCUT2D eigenvalue weighted by molar-refractivity contribution is -0.114. The number of nitrogens with two attached hydrogens (primary N) is 1. The molecule has 2 rings (SSSR count). The molecule has 4 N–H and O–H groups in total. The van der Waals surface area contributed by atoms with Crippen LogP contribution >= 0.6 is 12.2 Å². The van der Waals surface area contributed by atoms with Crippen LogP contribution in [-0.4, -0.2) is 15.9 Å². The van der Waals surface area contributed by atoms with Crippen LogP contribution in [0.1, 0.15) is 12.6 Å². The highest BCUT2D eigenvalue weighted by Gasteiger charge is 2.01. The van der Waals surface area contributed by atoms with E-state index >= 15 is 0 Å². The van der Waals surface area contributed by atoms with Crippen molar-refractivity contribution in [3.8, 4) is 0 Å². The number of carbonyl (C=O) groups is 1. The topological polar surface area (TPSA) is 80.0 Å². The van der Waals surface area contributed by atoms with Gasteiger partial charge in [-0.25, -0.2) is 0 Å². The lowest BCUT2D eigenvalue weighted by Crippen LogP contribution is -2.11. The highest BCUT2D eigenvalue weighted by Crippen LogP contribution is 2.19. The number of carbonyl (C=O) groups excluding carboxylic acids is 1. The molecule has 1 aromatic carbocycles. The first kappa shape index (κ1) is 14.0. The third-order valence-corrected chi connectivity index (χ3v) is 2.72. The molecule has 0 fully saturated rings. The van der Waals surface area contributed by atoms with E-state index in [-0.39, 0.29) is 10.9 Å². The van der Waals surface area contributed by atoms with Crippen molar-refractivity contribution in [2.75, 3.05) is 10.6 Å². The van der Waals surface area contributed by atoms with E-state index < -0.39 is 0 Å². The maximum atomic E-state index is 10.9. The third-order valence-electron chi connectivity index (χ3n) is 2.51. The van der Waals surface area contributed by atoms with Gasteiger partial charge in [-0.1, -0.05) is 12.2 Å². The molecule has 0 radical (unpaired) electrons. The number of anilines is 3. The summed E-state index contributed by atoms with van der Waals surface area (Å²) in [7, 11) is 0. The maximum Gasteiger partial charge on any atom is 0.221 e. The van der Waals surface area contributed by atoms with Crippen molar-refractivity contribution in [2.45, 2.75) is 6.92 Å². The molecule has 0 aliphatic heterocycles. The number of pyridine rings is 1. The van der Waals surface area contributed by atoms with Gasteiger partial charge in [-0.15, -0.1) is 0 Å². The Morgan fingerprint density at radius 1 is 1.15 bits per heavy atom. The van der Waals surface area contributed by atoms with Crippen molar-refractivity contribution in [1.82, 2.24) is 4.98 Å². The summed E-state index contributed by atoms with van der Waals surface area (Å²) in [4.78, 5) is 15.3. The highest BCUT2D eigenvalue weighted by molar-refractivity contribution is 7.80. The van der Waals surface area contributed by atoms with Gasteiger partial charge in [0.25, 0.3) is 0 Å². The number of nitrogens with zero attached hydrogens (tertiary/aromatic N) is 1. The first-order valence-electron chi connectivity index (χ1n) is 5.95. The van der Waals surface area contributed by atoms with E-state index in [0.29, 0.717) is 5.69 Å². The Morgan fingerprint density at radius 3 is 2.40 bits per heavy atom. The molecule has 0 bridgehead atoms. The van der Waals surface area contributed by atoms with Gasteiger partial charge >= 0.3 is 0 Å². The van der Waals surface area contributed by atoms with Crippen LogP contribution in [0.2, 0.25) is 0 Å². The van der Waals surface area contributed by atoms with E-state index in [1.54, 1.807) is 12.3 Å². The van der Waals surface area contributed by atoms with E-state index in [1.165, 1.54) is 6.92 Å². The van der Waals surface area contributed by atoms with Crippen LogP contribution in [0.3, 0.4) is 0 Å². The van der Waals surface area contributed by atoms with E-state index in [1.807, 2.05) is 30.3 Å². The zero-order valence-electron chi connectivity index (χ0n) is 10.9. The van der Waals surface area contributed by atoms with Gasteiger partial charge in [0.05, 0.1) is 5.69 Å². The molecule has 102 valence electrons. The second-order valence-corrected chi connectivity index (χ2v) is 4.62. The minimum atomic E-state index is -0.0963. The maximum absolute atomic E-state index is 10.9. The molecule has 0 saturated carbocycles. The second-order valence-electron chi connectivity index (χ2n) is 4.18. The van der Waals surface area contributed by atoms with Gasteiger partial charge in [0.1, 0.15) is 4.99 Å². The van der Waals surface area contributed by atoms with Gasteiger partial charge < -0.3 is 16.4 Å². The molecule has 1 amide bonds. The van der Waals surface area contributed by atoms with Crippen molar-refractivity contribution >= 4 is 40.2 Å². The molecule has 1 heterocycles. The molecular weight excluding hydrogens is 272 g/mol. The van der Waals surface area contributed by atoms with Crippen LogP contribution in [0, 0.1) is 0 Å². The van der Waals surface area contributed by atoms with Gasteiger partial charge in [0.15, 0.2) is 0 Å². The fourth-order valence-corrected chi connectivity index (χ4v) is 1.76. The molecule has 5 nitrogen and oxygen atoms in total. The van der Waals surface area contributed by atoms with Crippen LogP contribution < -0.4 is 16.4 Å². The van der Waals surface area contributed by atoms with Gasteiger partial charge in [-0.2, -0.15) is 0 Å². The summed E-state index contributed by atoms with van der Waals surface area (Å²) < 4.78 is 0. The number of nitrogens with one attached hydrogen (secondary N) is 2. The molecule has 2 aromatic rings. The Morgan fingerprint density at radius 2 is 1.80 bits per heavy atom. The van der Waals surface area contributed by atoms with Crippen molar-refractivity contribution in [2.24, 2.45) is 5.73 Å². The Hall–Kier alpha value is -2.47. The van der Waals surface area contributed by atoms with Crippen LogP contribution in [0.5, 0.6) is 0 Å². The van der Waals surface area contributed by atoms with Gasteiger partial charge in [-0.05, 0) is 36.4 Å². The van der Waals surface area contributed by atoms with E-state index in [4.69, 9.17) is 18.0 Å². The monoisotopic (exact) mass is 286 g/mol. The number of aromatic nitrogens is 1. The van der Waals surface area contributed by atoms with Crippen molar-refractivity contribution in [1.29, 1.82) is 0 Å².